The molecule has 2 aromatic heterocycles. The van der Waals surface area contributed by atoms with Crippen molar-refractivity contribution in [2.45, 2.75) is 44.9 Å². The smallest absolute Gasteiger partial charge is 0.220 e. The van der Waals surface area contributed by atoms with Gasteiger partial charge < -0.3 is 16.2 Å². The third kappa shape index (κ3) is 4.59. The molecule has 4 N–H and O–H groups in total. The number of carbonyl (C=O) groups excluding carboxylic acids is 1. The number of aliphatic hydroxyl groups excluding tert-OH is 1. The van der Waals surface area contributed by atoms with Crippen LogP contribution in [0.2, 0.25) is 0 Å². The van der Waals surface area contributed by atoms with Crippen LogP contribution in [0.3, 0.4) is 0 Å². The summed E-state index contributed by atoms with van der Waals surface area (Å²) in [7, 11) is 0. The van der Waals surface area contributed by atoms with E-state index in [0.29, 0.717) is 24.5 Å². The highest BCUT2D eigenvalue weighted by molar-refractivity contribution is 7.17. The molecule has 0 radical (unpaired) electrons. The molecule has 25 heavy (non-hydrogen) atoms. The van der Waals surface area contributed by atoms with E-state index in [2.05, 4.69) is 10.3 Å². The summed E-state index contributed by atoms with van der Waals surface area (Å²) in [6.07, 6.45) is 6.56. The maximum Gasteiger partial charge on any atom is 0.220 e. The van der Waals surface area contributed by atoms with Crippen LogP contribution in [-0.4, -0.2) is 29.1 Å². The molecule has 1 fully saturated rings. The van der Waals surface area contributed by atoms with Crippen molar-refractivity contribution in [3.63, 3.8) is 0 Å². The fraction of sp³-hybridized carbons (Fsp3) is 0.556. The van der Waals surface area contributed by atoms with E-state index in [1.807, 2.05) is 17.5 Å². The van der Waals surface area contributed by atoms with Crippen LogP contribution in [0.4, 0.5) is 5.13 Å². The number of hydrogen-bond acceptors (Lipinski definition) is 6. The van der Waals surface area contributed by atoms with Crippen molar-refractivity contribution in [1.82, 2.24) is 10.3 Å². The topological polar surface area (TPSA) is 88.2 Å². The second-order valence-corrected chi connectivity index (χ2v) is 8.86. The molecule has 2 heterocycles. The summed E-state index contributed by atoms with van der Waals surface area (Å²) in [6.45, 7) is 0.728. The van der Waals surface area contributed by atoms with E-state index in [9.17, 15) is 9.90 Å². The second kappa shape index (κ2) is 8.29. The molecule has 0 aliphatic heterocycles. The Morgan fingerprint density at radius 3 is 2.84 bits per heavy atom. The van der Waals surface area contributed by atoms with Crippen molar-refractivity contribution in [3.8, 4) is 10.6 Å². The minimum atomic E-state index is -0.120. The third-order valence-electron chi connectivity index (χ3n) is 4.96. The number of thiazole rings is 1. The van der Waals surface area contributed by atoms with E-state index in [1.54, 1.807) is 11.3 Å². The quantitative estimate of drug-likeness (QED) is 0.687. The molecular weight excluding hydrogens is 354 g/mol. The lowest BCUT2D eigenvalue weighted by Crippen LogP contribution is -2.41. The van der Waals surface area contributed by atoms with Crippen LogP contribution in [0.1, 0.15) is 43.4 Å². The molecule has 2 aromatic rings. The molecule has 0 atom stereocenters. The van der Waals surface area contributed by atoms with E-state index in [-0.39, 0.29) is 17.9 Å². The first-order chi connectivity index (χ1) is 12.1. The van der Waals surface area contributed by atoms with Crippen molar-refractivity contribution in [2.75, 3.05) is 18.9 Å². The summed E-state index contributed by atoms with van der Waals surface area (Å²) in [4.78, 5) is 18.8. The molecule has 0 bridgehead atoms. The number of aliphatic hydroxyl groups is 1. The zero-order chi connectivity index (χ0) is 17.7. The molecule has 3 rings (SSSR count). The van der Waals surface area contributed by atoms with Gasteiger partial charge in [0.25, 0.3) is 0 Å². The minimum Gasteiger partial charge on any atom is -0.396 e. The zero-order valence-corrected chi connectivity index (χ0v) is 15.9. The highest BCUT2D eigenvalue weighted by atomic mass is 32.1. The Morgan fingerprint density at radius 2 is 2.16 bits per heavy atom. The highest BCUT2D eigenvalue weighted by Gasteiger charge is 2.31. The van der Waals surface area contributed by atoms with Gasteiger partial charge >= 0.3 is 0 Å². The lowest BCUT2D eigenvalue weighted by molar-refractivity contribution is -0.121. The lowest BCUT2D eigenvalue weighted by Gasteiger charge is -2.35. The molecule has 0 unspecified atom stereocenters. The Morgan fingerprint density at radius 1 is 1.36 bits per heavy atom. The maximum atomic E-state index is 12.3. The van der Waals surface area contributed by atoms with Gasteiger partial charge in [0.2, 0.25) is 5.91 Å². The molecule has 1 aliphatic carbocycles. The monoisotopic (exact) mass is 379 g/mol. The fourth-order valence-electron chi connectivity index (χ4n) is 3.44. The molecule has 1 aliphatic rings. The number of amides is 1. The summed E-state index contributed by atoms with van der Waals surface area (Å²) in [5.74, 6) is 0.0301. The standard InChI is InChI=1S/C18H25N3O2S2/c19-17-21-16(13-5-4-10-24-13)14(25-17)6-7-15(23)20-11-18(12-22)8-2-1-3-9-18/h4-5,10,22H,1-3,6-9,11-12H2,(H2,19,21)(H,20,23). The summed E-state index contributed by atoms with van der Waals surface area (Å²) in [5.41, 5.74) is 6.65. The van der Waals surface area contributed by atoms with Gasteiger partial charge in [0.15, 0.2) is 5.13 Å². The van der Waals surface area contributed by atoms with Crippen molar-refractivity contribution >= 4 is 33.7 Å². The maximum absolute atomic E-state index is 12.3. The first-order valence-electron chi connectivity index (χ1n) is 8.78. The van der Waals surface area contributed by atoms with Gasteiger partial charge in [-0.25, -0.2) is 4.98 Å². The third-order valence-corrected chi connectivity index (χ3v) is 6.78. The highest BCUT2D eigenvalue weighted by Crippen LogP contribution is 2.35. The summed E-state index contributed by atoms with van der Waals surface area (Å²) in [6, 6.07) is 4.02. The van der Waals surface area contributed by atoms with E-state index >= 15 is 0 Å². The van der Waals surface area contributed by atoms with Gasteiger partial charge in [-0.3, -0.25) is 4.79 Å². The first kappa shape index (κ1) is 18.4. The molecule has 0 aromatic carbocycles. The molecule has 136 valence electrons. The van der Waals surface area contributed by atoms with Gasteiger partial charge in [0.05, 0.1) is 17.2 Å². The van der Waals surface area contributed by atoms with E-state index in [0.717, 1.165) is 41.1 Å². The Balaban J connectivity index is 1.54. The number of aryl methyl sites for hydroxylation is 1. The lowest BCUT2D eigenvalue weighted by atomic mass is 9.74. The number of carbonyl (C=O) groups is 1. The van der Waals surface area contributed by atoms with Crippen LogP contribution < -0.4 is 11.1 Å². The average Bonchev–Trinajstić information content (AvgIpc) is 3.28. The van der Waals surface area contributed by atoms with Crippen LogP contribution in [0.25, 0.3) is 10.6 Å². The van der Waals surface area contributed by atoms with Crippen LogP contribution in [-0.2, 0) is 11.2 Å². The van der Waals surface area contributed by atoms with Crippen LogP contribution >= 0.6 is 22.7 Å². The Bertz CT molecular complexity index is 691. The number of nitrogens with one attached hydrogen (secondary N) is 1. The fourth-order valence-corrected chi connectivity index (χ4v) is 5.09. The van der Waals surface area contributed by atoms with Gasteiger partial charge in [0.1, 0.15) is 0 Å². The molecule has 1 saturated carbocycles. The van der Waals surface area contributed by atoms with E-state index in [4.69, 9.17) is 5.73 Å². The SMILES string of the molecule is Nc1nc(-c2cccs2)c(CCC(=O)NCC2(CO)CCCCC2)s1. The summed E-state index contributed by atoms with van der Waals surface area (Å²) in [5, 5.41) is 15.3. The number of nitrogens with two attached hydrogens (primary N) is 1. The number of rotatable bonds is 7. The predicted octanol–water partition coefficient (Wildman–Crippen LogP) is 3.45. The molecular formula is C18H25N3O2S2. The number of aromatic nitrogens is 1. The number of hydrogen-bond donors (Lipinski definition) is 3. The Labute approximate surface area is 156 Å². The average molecular weight is 380 g/mol. The minimum absolute atomic E-state index is 0.0301. The van der Waals surface area contributed by atoms with E-state index in [1.165, 1.54) is 17.8 Å². The predicted molar refractivity (Wildman–Crippen MR) is 104 cm³/mol. The second-order valence-electron chi connectivity index (χ2n) is 6.80. The van der Waals surface area contributed by atoms with Gasteiger partial charge in [-0.2, -0.15) is 0 Å². The number of nitrogen functional groups attached to an aromatic ring is 1. The van der Waals surface area contributed by atoms with Crippen molar-refractivity contribution in [3.05, 3.63) is 22.4 Å². The largest absolute Gasteiger partial charge is 0.396 e. The first-order valence-corrected chi connectivity index (χ1v) is 10.5. The van der Waals surface area contributed by atoms with Crippen molar-refractivity contribution < 1.29 is 9.90 Å². The van der Waals surface area contributed by atoms with Gasteiger partial charge in [0, 0.05) is 23.3 Å². The molecule has 0 saturated heterocycles. The van der Waals surface area contributed by atoms with Crippen molar-refractivity contribution in [1.29, 1.82) is 0 Å². The zero-order valence-electron chi connectivity index (χ0n) is 14.3. The summed E-state index contributed by atoms with van der Waals surface area (Å²) >= 11 is 3.09. The molecule has 0 spiro atoms. The Hall–Kier alpha value is -1.44. The molecule has 5 nitrogen and oxygen atoms in total. The van der Waals surface area contributed by atoms with Crippen LogP contribution in [0.15, 0.2) is 17.5 Å². The van der Waals surface area contributed by atoms with Gasteiger partial charge in [-0.1, -0.05) is 25.3 Å². The molecule has 7 heteroatoms. The Kier molecular flexibility index (Phi) is 6.09. The summed E-state index contributed by atoms with van der Waals surface area (Å²) < 4.78 is 0. The van der Waals surface area contributed by atoms with Crippen molar-refractivity contribution in [2.24, 2.45) is 5.41 Å². The number of anilines is 1. The number of thiophene rings is 1. The van der Waals surface area contributed by atoms with Crippen LogP contribution in [0.5, 0.6) is 0 Å². The molecule has 1 amide bonds. The normalized spacial score (nSPS) is 16.7. The number of nitrogens with zero attached hydrogens (tertiary/aromatic N) is 1. The van der Waals surface area contributed by atoms with Gasteiger partial charge in [-0.05, 0) is 30.7 Å². The van der Waals surface area contributed by atoms with Gasteiger partial charge in [-0.15, -0.1) is 22.7 Å². The van der Waals surface area contributed by atoms with E-state index < -0.39 is 0 Å². The van der Waals surface area contributed by atoms with Crippen LogP contribution in [0, 0.1) is 5.41 Å².